The van der Waals surface area contributed by atoms with Crippen LogP contribution in [0.2, 0.25) is 0 Å². The first-order valence-corrected chi connectivity index (χ1v) is 12.3. The predicted octanol–water partition coefficient (Wildman–Crippen LogP) is 2.26. The maximum atomic E-state index is 14.0. The maximum Gasteiger partial charge on any atom is 0.270 e. The molecule has 0 radical (unpaired) electrons. The van der Waals surface area contributed by atoms with Gasteiger partial charge in [-0.2, -0.15) is 10.2 Å². The van der Waals surface area contributed by atoms with Crippen LogP contribution in [0.5, 0.6) is 0 Å². The van der Waals surface area contributed by atoms with Crippen LogP contribution in [0.15, 0.2) is 72.0 Å². The van der Waals surface area contributed by atoms with E-state index in [1.807, 2.05) is 18.2 Å². The van der Waals surface area contributed by atoms with E-state index in [9.17, 15) is 9.59 Å². The van der Waals surface area contributed by atoms with Crippen molar-refractivity contribution in [3.8, 4) is 17.5 Å². The van der Waals surface area contributed by atoms with Gasteiger partial charge in [0.25, 0.3) is 11.5 Å². The van der Waals surface area contributed by atoms with Crippen LogP contribution < -0.4 is 16.6 Å². The number of aromatic nitrogens is 8. The Kier molecular flexibility index (Phi) is 6.01. The number of nitrogens with zero attached hydrogens (tertiary/aromatic N) is 7. The van der Waals surface area contributed by atoms with Gasteiger partial charge in [0, 0.05) is 31.0 Å². The fourth-order valence-electron chi connectivity index (χ4n) is 4.43. The number of aryl methyl sites for hydroxylation is 1. The van der Waals surface area contributed by atoms with Gasteiger partial charge in [-0.15, -0.1) is 0 Å². The summed E-state index contributed by atoms with van der Waals surface area (Å²) in [5.41, 5.74) is 8.02. The fraction of sp³-hybridized carbons (Fsp3) is 0.107. The second-order valence-corrected chi connectivity index (χ2v) is 9.05. The number of pyridine rings is 2. The maximum absolute atomic E-state index is 14.0. The summed E-state index contributed by atoms with van der Waals surface area (Å²) in [6, 6.07) is 11.9. The molecule has 0 saturated carbocycles. The number of carbonyl (C=O) groups is 1. The van der Waals surface area contributed by atoms with Crippen LogP contribution in [0.3, 0.4) is 0 Å². The molecule has 0 aliphatic rings. The van der Waals surface area contributed by atoms with Gasteiger partial charge in [0.05, 0.1) is 29.0 Å². The largest absolute Gasteiger partial charge is 0.383 e. The van der Waals surface area contributed by atoms with Crippen LogP contribution in [-0.2, 0) is 7.05 Å². The van der Waals surface area contributed by atoms with Gasteiger partial charge >= 0.3 is 0 Å². The Hall–Kier alpha value is -5.83. The smallest absolute Gasteiger partial charge is 0.270 e. The second-order valence-electron chi connectivity index (χ2n) is 9.05. The highest BCUT2D eigenvalue weighted by Gasteiger charge is 2.24. The fourth-order valence-corrected chi connectivity index (χ4v) is 4.43. The normalized spacial score (nSPS) is 11.8. The molecule has 0 saturated heterocycles. The number of rotatable bonds is 4. The summed E-state index contributed by atoms with van der Waals surface area (Å²) in [6.45, 7) is 1.73. The number of para-hydroxylation sites is 1. The molecule has 5 heterocycles. The number of hydrogen-bond donors (Lipinski definition) is 3. The molecule has 4 N–H and O–H groups in total. The summed E-state index contributed by atoms with van der Waals surface area (Å²) >= 11 is 0. The third-order valence-corrected chi connectivity index (χ3v) is 6.30. The van der Waals surface area contributed by atoms with Crippen molar-refractivity contribution in [2.24, 2.45) is 7.05 Å². The Morgan fingerprint density at radius 3 is 2.70 bits per heavy atom. The molecule has 1 amide bonds. The molecular formula is C28H22N10O2. The number of carbonyl (C=O) groups excluding carboxylic acids is 1. The van der Waals surface area contributed by atoms with E-state index < -0.39 is 11.9 Å². The number of H-pyrrole nitrogens is 1. The van der Waals surface area contributed by atoms with Gasteiger partial charge in [-0.1, -0.05) is 24.1 Å². The van der Waals surface area contributed by atoms with Crippen molar-refractivity contribution >= 4 is 33.7 Å². The van der Waals surface area contributed by atoms with E-state index in [4.69, 9.17) is 10.7 Å². The number of benzene rings is 1. The Labute approximate surface area is 226 Å². The van der Waals surface area contributed by atoms with Gasteiger partial charge < -0.3 is 11.1 Å². The zero-order valence-corrected chi connectivity index (χ0v) is 21.5. The first kappa shape index (κ1) is 24.5. The molecule has 0 fully saturated rings. The number of fused-ring (bicyclic) bond motifs is 2. The van der Waals surface area contributed by atoms with Gasteiger partial charge in [0.15, 0.2) is 11.3 Å². The lowest BCUT2D eigenvalue weighted by molar-refractivity contribution is 0.0940. The van der Waals surface area contributed by atoms with Crippen LogP contribution >= 0.6 is 0 Å². The summed E-state index contributed by atoms with van der Waals surface area (Å²) in [4.78, 5) is 40.6. The molecule has 1 atom stereocenters. The number of aromatic amines is 1. The van der Waals surface area contributed by atoms with E-state index in [-0.39, 0.29) is 39.5 Å². The molecule has 12 nitrogen and oxygen atoms in total. The summed E-state index contributed by atoms with van der Waals surface area (Å²) < 4.78 is 3.08. The summed E-state index contributed by atoms with van der Waals surface area (Å²) in [5.74, 6) is 5.76. The van der Waals surface area contributed by atoms with Gasteiger partial charge in [0.2, 0.25) is 0 Å². The highest BCUT2D eigenvalue weighted by Crippen LogP contribution is 2.23. The molecule has 6 rings (SSSR count). The van der Waals surface area contributed by atoms with Gasteiger partial charge in [-0.05, 0) is 37.1 Å². The molecule has 5 aromatic heterocycles. The molecule has 0 aliphatic carbocycles. The number of hydrogen-bond acceptors (Lipinski definition) is 8. The Morgan fingerprint density at radius 1 is 1.10 bits per heavy atom. The number of nitrogen functional groups attached to an aromatic ring is 1. The number of nitrogens with two attached hydrogens (primary N) is 1. The van der Waals surface area contributed by atoms with E-state index in [2.05, 4.69) is 42.4 Å². The molecule has 0 bridgehead atoms. The van der Waals surface area contributed by atoms with Gasteiger partial charge in [-0.3, -0.25) is 28.9 Å². The van der Waals surface area contributed by atoms with E-state index >= 15 is 0 Å². The minimum Gasteiger partial charge on any atom is -0.383 e. The predicted molar refractivity (Wildman–Crippen MR) is 149 cm³/mol. The average Bonchev–Trinajstić information content (AvgIpc) is 3.57. The molecule has 12 heteroatoms. The molecule has 196 valence electrons. The molecule has 1 aromatic carbocycles. The van der Waals surface area contributed by atoms with Crippen LogP contribution in [0.1, 0.15) is 40.4 Å². The van der Waals surface area contributed by atoms with Crippen molar-refractivity contribution in [2.45, 2.75) is 13.0 Å². The van der Waals surface area contributed by atoms with Crippen LogP contribution in [-0.4, -0.2) is 45.4 Å². The zero-order valence-electron chi connectivity index (χ0n) is 21.5. The van der Waals surface area contributed by atoms with Crippen molar-refractivity contribution in [1.82, 2.24) is 44.8 Å². The molecule has 0 aliphatic heterocycles. The molecule has 0 unspecified atom stereocenters. The lowest BCUT2D eigenvalue weighted by Crippen LogP contribution is -2.33. The van der Waals surface area contributed by atoms with Crippen molar-refractivity contribution in [3.05, 3.63) is 100 Å². The second kappa shape index (κ2) is 9.80. The monoisotopic (exact) mass is 530 g/mol. The molecule has 40 heavy (non-hydrogen) atoms. The topological polar surface area (TPSA) is 162 Å². The van der Waals surface area contributed by atoms with Crippen LogP contribution in [0, 0.1) is 11.8 Å². The van der Waals surface area contributed by atoms with E-state index in [0.29, 0.717) is 22.2 Å². The molecule has 0 spiro atoms. The Balaban J connectivity index is 1.45. The van der Waals surface area contributed by atoms with Gasteiger partial charge in [-0.25, -0.2) is 9.97 Å². The third kappa shape index (κ3) is 4.31. The lowest BCUT2D eigenvalue weighted by Gasteiger charge is -2.19. The van der Waals surface area contributed by atoms with Crippen molar-refractivity contribution in [2.75, 3.05) is 5.73 Å². The standard InChI is InChI=1S/C28H22N10O2/c1-16(33-27(39)22-23-18(7-6-12-30-23)14-31-24(22)29)26-34-25-21(28(40)38(26)19-8-4-3-5-9-19)20(35-36-25)11-10-17-13-32-37(2)15-17/h3-9,12-16H,1-2H3,(H2,29,31)(H,33,39)(H,35,36)/t16-/m1/s1. The Morgan fingerprint density at radius 2 is 1.93 bits per heavy atom. The minimum atomic E-state index is -0.726. The minimum absolute atomic E-state index is 0.0464. The lowest BCUT2D eigenvalue weighted by atomic mass is 10.1. The number of amides is 1. The van der Waals surface area contributed by atoms with Crippen LogP contribution in [0.4, 0.5) is 5.82 Å². The van der Waals surface area contributed by atoms with E-state index in [1.54, 1.807) is 67.7 Å². The Bertz CT molecular complexity index is 2030. The quantitative estimate of drug-likeness (QED) is 0.292. The summed E-state index contributed by atoms with van der Waals surface area (Å²) in [5, 5.41) is 15.0. The first-order chi connectivity index (χ1) is 19.4. The highest BCUT2D eigenvalue weighted by atomic mass is 16.2. The number of nitrogens with one attached hydrogen (secondary N) is 2. The van der Waals surface area contributed by atoms with E-state index in [1.165, 1.54) is 4.57 Å². The van der Waals surface area contributed by atoms with Crippen molar-refractivity contribution < 1.29 is 4.79 Å². The highest BCUT2D eigenvalue weighted by molar-refractivity contribution is 6.09. The van der Waals surface area contributed by atoms with Crippen LogP contribution in [0.25, 0.3) is 27.6 Å². The summed E-state index contributed by atoms with van der Waals surface area (Å²) in [7, 11) is 1.79. The summed E-state index contributed by atoms with van der Waals surface area (Å²) in [6.07, 6.45) is 6.53. The molecular weight excluding hydrogens is 508 g/mol. The van der Waals surface area contributed by atoms with E-state index in [0.717, 1.165) is 0 Å². The van der Waals surface area contributed by atoms with Gasteiger partial charge in [0.1, 0.15) is 22.6 Å². The number of anilines is 1. The molecule has 6 aromatic rings. The third-order valence-electron chi connectivity index (χ3n) is 6.30. The van der Waals surface area contributed by atoms with Crippen molar-refractivity contribution in [1.29, 1.82) is 0 Å². The zero-order chi connectivity index (χ0) is 27.8. The van der Waals surface area contributed by atoms with Crippen molar-refractivity contribution in [3.63, 3.8) is 0 Å². The first-order valence-electron chi connectivity index (χ1n) is 12.3. The SMILES string of the molecule is C[C@@H](NC(=O)c1c(N)ncc2cccnc12)c1nc2[nH]nc(C#Cc3cnn(C)c3)c2c(=O)n1-c1ccccc1. The average molecular weight is 531 g/mol.